The van der Waals surface area contributed by atoms with Crippen LogP contribution >= 0.6 is 0 Å². The first-order valence-corrected chi connectivity index (χ1v) is 7.85. The Hall–Kier alpha value is -2.08. The summed E-state index contributed by atoms with van der Waals surface area (Å²) < 4.78 is 0. The Balaban J connectivity index is 2.34. The van der Waals surface area contributed by atoms with Gasteiger partial charge in [0.05, 0.1) is 12.3 Å². The number of rotatable bonds is 6. The van der Waals surface area contributed by atoms with Crippen molar-refractivity contribution < 1.29 is 14.7 Å². The molecular formula is C17H25N3O3. The van der Waals surface area contributed by atoms with E-state index in [9.17, 15) is 9.59 Å². The highest BCUT2D eigenvalue weighted by Crippen LogP contribution is 2.35. The Bertz CT molecular complexity index is 601. The maximum absolute atomic E-state index is 12.1. The van der Waals surface area contributed by atoms with E-state index in [1.165, 1.54) is 0 Å². The molecule has 1 aliphatic rings. The van der Waals surface area contributed by atoms with Crippen LogP contribution < -0.4 is 16.4 Å². The molecule has 6 nitrogen and oxygen atoms in total. The van der Waals surface area contributed by atoms with Crippen molar-refractivity contribution in [3.63, 3.8) is 0 Å². The first kappa shape index (κ1) is 17.3. The highest BCUT2D eigenvalue weighted by molar-refractivity contribution is 5.81. The molecule has 1 amide bonds. The van der Waals surface area contributed by atoms with E-state index in [4.69, 9.17) is 16.6 Å². The number of benzene rings is 1. The number of aliphatic carboxylic acids is 1. The molecular weight excluding hydrogens is 294 g/mol. The number of carbonyl (C=O) groups excluding carboxylic acids is 1. The lowest BCUT2D eigenvalue weighted by molar-refractivity contribution is -0.139. The summed E-state index contributed by atoms with van der Waals surface area (Å²) in [5.41, 5.74) is 12.8. The summed E-state index contributed by atoms with van der Waals surface area (Å²) in [6.45, 7) is 4.42. The zero-order valence-electron chi connectivity index (χ0n) is 13.7. The maximum atomic E-state index is 12.1. The van der Waals surface area contributed by atoms with Crippen LogP contribution in [0.3, 0.4) is 0 Å². The Kier molecular flexibility index (Phi) is 4.94. The normalized spacial score (nSPS) is 21.7. The molecule has 126 valence electrons. The summed E-state index contributed by atoms with van der Waals surface area (Å²) in [5, 5.41) is 9.10. The molecule has 1 saturated heterocycles. The second kappa shape index (κ2) is 6.58. The second-order valence-corrected chi connectivity index (χ2v) is 6.70. The van der Waals surface area contributed by atoms with E-state index in [1.54, 1.807) is 6.92 Å². The number of amides is 1. The molecule has 1 aromatic rings. The van der Waals surface area contributed by atoms with Crippen molar-refractivity contribution in [1.82, 2.24) is 0 Å². The van der Waals surface area contributed by atoms with Gasteiger partial charge in [0, 0.05) is 23.8 Å². The van der Waals surface area contributed by atoms with Crippen molar-refractivity contribution in [2.45, 2.75) is 44.7 Å². The number of carbonyl (C=O) groups is 2. The van der Waals surface area contributed by atoms with Gasteiger partial charge >= 0.3 is 5.97 Å². The molecule has 1 aromatic carbocycles. The van der Waals surface area contributed by atoms with Gasteiger partial charge in [-0.25, -0.2) is 0 Å². The summed E-state index contributed by atoms with van der Waals surface area (Å²) in [6, 6.07) is 7.86. The van der Waals surface area contributed by atoms with Crippen LogP contribution in [0.4, 0.5) is 5.69 Å². The van der Waals surface area contributed by atoms with E-state index < -0.39 is 23.3 Å². The third-order valence-electron chi connectivity index (χ3n) is 4.57. The lowest BCUT2D eigenvalue weighted by atomic mass is 9.77. The van der Waals surface area contributed by atoms with Gasteiger partial charge in [-0.2, -0.15) is 0 Å². The highest BCUT2D eigenvalue weighted by atomic mass is 16.4. The lowest BCUT2D eigenvalue weighted by Gasteiger charge is -2.39. The highest BCUT2D eigenvalue weighted by Gasteiger charge is 2.45. The van der Waals surface area contributed by atoms with Crippen molar-refractivity contribution >= 4 is 17.6 Å². The van der Waals surface area contributed by atoms with E-state index >= 15 is 0 Å². The fourth-order valence-corrected chi connectivity index (χ4v) is 3.66. The third kappa shape index (κ3) is 3.82. The summed E-state index contributed by atoms with van der Waals surface area (Å²) in [5.74, 6) is -2.29. The number of nitrogens with zero attached hydrogens (tertiary/aromatic N) is 1. The smallest absolute Gasteiger partial charge is 0.305 e. The zero-order valence-corrected chi connectivity index (χ0v) is 13.7. The number of primary amides is 1. The fraction of sp³-hybridized carbons (Fsp3) is 0.529. The van der Waals surface area contributed by atoms with Crippen LogP contribution in [0.25, 0.3) is 0 Å². The van der Waals surface area contributed by atoms with E-state index in [-0.39, 0.29) is 12.5 Å². The van der Waals surface area contributed by atoms with Crippen LogP contribution in [-0.2, 0) is 9.59 Å². The van der Waals surface area contributed by atoms with E-state index in [0.29, 0.717) is 0 Å². The molecule has 3 atom stereocenters. The van der Waals surface area contributed by atoms with Crippen molar-refractivity contribution in [3.05, 3.63) is 29.8 Å². The average Bonchev–Trinajstić information content (AvgIpc) is 2.85. The molecule has 2 rings (SSSR count). The van der Waals surface area contributed by atoms with Crippen LogP contribution in [0.5, 0.6) is 0 Å². The predicted molar refractivity (Wildman–Crippen MR) is 89.1 cm³/mol. The zero-order chi connectivity index (χ0) is 17.2. The molecule has 0 saturated carbocycles. The number of anilines is 1. The van der Waals surface area contributed by atoms with Crippen molar-refractivity contribution in [2.75, 3.05) is 11.4 Å². The minimum atomic E-state index is -1.19. The Labute approximate surface area is 136 Å². The topological polar surface area (TPSA) is 110 Å². The predicted octanol–water partition coefficient (Wildman–Crippen LogP) is 1.26. The van der Waals surface area contributed by atoms with Crippen molar-refractivity contribution in [1.29, 1.82) is 0 Å². The number of carboxylic acid groups (broad SMARTS) is 1. The van der Waals surface area contributed by atoms with Gasteiger partial charge in [-0.15, -0.1) is 0 Å². The van der Waals surface area contributed by atoms with Gasteiger partial charge in [0.25, 0.3) is 0 Å². The SMILES string of the molecule is Cc1cccc(N2CCCC2C(C(N)=O)C(C)(N)CC(=O)O)c1. The molecule has 1 fully saturated rings. The van der Waals surface area contributed by atoms with Gasteiger partial charge in [-0.3, -0.25) is 9.59 Å². The molecule has 1 aliphatic heterocycles. The van der Waals surface area contributed by atoms with Gasteiger partial charge in [-0.05, 0) is 44.4 Å². The molecule has 5 N–H and O–H groups in total. The Morgan fingerprint density at radius 1 is 1.48 bits per heavy atom. The van der Waals surface area contributed by atoms with Crippen LogP contribution in [0.15, 0.2) is 24.3 Å². The largest absolute Gasteiger partial charge is 0.481 e. The summed E-state index contributed by atoms with van der Waals surface area (Å²) in [6.07, 6.45) is 1.40. The number of hydrogen-bond acceptors (Lipinski definition) is 4. The van der Waals surface area contributed by atoms with Crippen LogP contribution in [0.2, 0.25) is 0 Å². The van der Waals surface area contributed by atoms with Crippen molar-refractivity contribution in [3.8, 4) is 0 Å². The summed E-state index contributed by atoms with van der Waals surface area (Å²) in [7, 11) is 0. The Morgan fingerprint density at radius 3 is 2.74 bits per heavy atom. The minimum Gasteiger partial charge on any atom is -0.481 e. The van der Waals surface area contributed by atoms with Gasteiger partial charge in [0.2, 0.25) is 5.91 Å². The van der Waals surface area contributed by atoms with Crippen molar-refractivity contribution in [2.24, 2.45) is 17.4 Å². The number of nitrogens with two attached hydrogens (primary N) is 2. The molecule has 0 aliphatic carbocycles. The molecule has 0 aromatic heterocycles. The minimum absolute atomic E-state index is 0.177. The summed E-state index contributed by atoms with van der Waals surface area (Å²) >= 11 is 0. The lowest BCUT2D eigenvalue weighted by Crippen LogP contribution is -2.58. The van der Waals surface area contributed by atoms with E-state index in [0.717, 1.165) is 30.6 Å². The van der Waals surface area contributed by atoms with Gasteiger partial charge in [-0.1, -0.05) is 12.1 Å². The second-order valence-electron chi connectivity index (χ2n) is 6.70. The maximum Gasteiger partial charge on any atom is 0.305 e. The van der Waals surface area contributed by atoms with Gasteiger partial charge in [0.15, 0.2) is 0 Å². The number of hydrogen-bond donors (Lipinski definition) is 3. The standard InChI is InChI=1S/C17H25N3O3/c1-11-5-3-6-12(9-11)20-8-4-7-13(20)15(16(18)23)17(2,19)10-14(21)22/h3,5-6,9,13,15H,4,7-8,10,19H2,1-2H3,(H2,18,23)(H,21,22). The van der Waals surface area contributed by atoms with Crippen LogP contribution in [0, 0.1) is 12.8 Å². The van der Waals surface area contributed by atoms with E-state index in [2.05, 4.69) is 11.0 Å². The first-order chi connectivity index (χ1) is 10.7. The first-order valence-electron chi connectivity index (χ1n) is 7.85. The summed E-state index contributed by atoms with van der Waals surface area (Å²) in [4.78, 5) is 25.3. The van der Waals surface area contributed by atoms with Crippen LogP contribution in [-0.4, -0.2) is 35.1 Å². The molecule has 6 heteroatoms. The molecule has 1 heterocycles. The molecule has 23 heavy (non-hydrogen) atoms. The van der Waals surface area contributed by atoms with E-state index in [1.807, 2.05) is 25.1 Å². The average molecular weight is 319 g/mol. The molecule has 0 radical (unpaired) electrons. The molecule has 0 bridgehead atoms. The Morgan fingerprint density at radius 2 is 2.17 bits per heavy atom. The van der Waals surface area contributed by atoms with Crippen LogP contribution in [0.1, 0.15) is 31.7 Å². The van der Waals surface area contributed by atoms with Gasteiger partial charge in [0.1, 0.15) is 0 Å². The third-order valence-corrected chi connectivity index (χ3v) is 4.57. The number of aryl methyl sites for hydroxylation is 1. The molecule has 0 spiro atoms. The fourth-order valence-electron chi connectivity index (χ4n) is 3.66. The van der Waals surface area contributed by atoms with Gasteiger partial charge < -0.3 is 21.5 Å². The molecule has 3 unspecified atom stereocenters. The quantitative estimate of drug-likeness (QED) is 0.731. The number of carboxylic acids is 1. The monoisotopic (exact) mass is 319 g/mol.